The minimum absolute atomic E-state index is 0.0289. The summed E-state index contributed by atoms with van der Waals surface area (Å²) in [7, 11) is 1.64. The standard InChI is InChI=1S/C15H23F3N4O/c1-3-4-5-8-21-14(19-2)22-10-12-7-6-9-20-13(12)23-11-15(16,17)18/h6-7,9H,3-5,8,10-11H2,1-2H3,(H2,19,21,22). The molecule has 1 heterocycles. The fourth-order valence-corrected chi connectivity index (χ4v) is 1.82. The molecule has 0 aliphatic heterocycles. The normalized spacial score (nSPS) is 12.1. The van der Waals surface area contributed by atoms with Gasteiger partial charge in [0.05, 0.1) is 0 Å². The van der Waals surface area contributed by atoms with Crippen molar-refractivity contribution in [1.29, 1.82) is 0 Å². The lowest BCUT2D eigenvalue weighted by atomic mass is 10.2. The Labute approximate surface area is 134 Å². The van der Waals surface area contributed by atoms with Gasteiger partial charge in [-0.15, -0.1) is 0 Å². The second-order valence-corrected chi connectivity index (χ2v) is 4.93. The number of hydrogen-bond acceptors (Lipinski definition) is 3. The van der Waals surface area contributed by atoms with Crippen molar-refractivity contribution in [3.63, 3.8) is 0 Å². The summed E-state index contributed by atoms with van der Waals surface area (Å²) >= 11 is 0. The number of unbranched alkanes of at least 4 members (excludes halogenated alkanes) is 2. The molecule has 0 radical (unpaired) electrons. The molecule has 0 saturated carbocycles. The first-order valence-electron chi connectivity index (χ1n) is 7.54. The molecule has 1 rings (SSSR count). The van der Waals surface area contributed by atoms with Crippen LogP contribution in [0.25, 0.3) is 0 Å². The average Bonchev–Trinajstić information content (AvgIpc) is 2.52. The van der Waals surface area contributed by atoms with Crippen molar-refractivity contribution in [3.05, 3.63) is 23.9 Å². The third kappa shape index (κ3) is 8.27. The molecule has 0 fully saturated rings. The van der Waals surface area contributed by atoms with E-state index in [4.69, 9.17) is 4.74 Å². The van der Waals surface area contributed by atoms with E-state index >= 15 is 0 Å². The van der Waals surface area contributed by atoms with E-state index in [0.29, 0.717) is 11.5 Å². The van der Waals surface area contributed by atoms with Crippen molar-refractivity contribution in [2.75, 3.05) is 20.2 Å². The van der Waals surface area contributed by atoms with E-state index < -0.39 is 12.8 Å². The first kappa shape index (κ1) is 19.1. The maximum Gasteiger partial charge on any atom is 0.422 e. The number of halogens is 3. The molecule has 0 unspecified atom stereocenters. The van der Waals surface area contributed by atoms with E-state index in [9.17, 15) is 13.2 Å². The summed E-state index contributed by atoms with van der Waals surface area (Å²) in [6.45, 7) is 1.82. The van der Waals surface area contributed by atoms with E-state index in [1.165, 1.54) is 6.20 Å². The molecule has 130 valence electrons. The molecular weight excluding hydrogens is 309 g/mol. The molecule has 1 aromatic heterocycles. The van der Waals surface area contributed by atoms with Gasteiger partial charge < -0.3 is 15.4 Å². The largest absolute Gasteiger partial charge is 0.468 e. The van der Waals surface area contributed by atoms with Crippen molar-refractivity contribution in [2.45, 2.75) is 38.9 Å². The summed E-state index contributed by atoms with van der Waals surface area (Å²) < 4.78 is 41.5. The van der Waals surface area contributed by atoms with Crippen LogP contribution in [0.2, 0.25) is 0 Å². The Morgan fingerprint density at radius 1 is 1.30 bits per heavy atom. The van der Waals surface area contributed by atoms with E-state index in [1.807, 2.05) is 0 Å². The van der Waals surface area contributed by atoms with Crippen LogP contribution < -0.4 is 15.4 Å². The summed E-state index contributed by atoms with van der Waals surface area (Å²) in [5.41, 5.74) is 0.535. The summed E-state index contributed by atoms with van der Waals surface area (Å²) in [4.78, 5) is 7.92. The SMILES string of the molecule is CCCCCNC(=NC)NCc1cccnc1OCC(F)(F)F. The first-order chi connectivity index (χ1) is 11.0. The minimum Gasteiger partial charge on any atom is -0.468 e. The maximum atomic E-state index is 12.2. The summed E-state index contributed by atoms with van der Waals surface area (Å²) in [5.74, 6) is 0.561. The molecule has 1 aromatic rings. The van der Waals surface area contributed by atoms with Crippen LogP contribution in [0, 0.1) is 0 Å². The summed E-state index contributed by atoms with van der Waals surface area (Å²) in [6.07, 6.45) is 0.293. The van der Waals surface area contributed by atoms with Gasteiger partial charge in [0.1, 0.15) is 0 Å². The number of guanidine groups is 1. The number of aromatic nitrogens is 1. The molecule has 0 saturated heterocycles. The van der Waals surface area contributed by atoms with Crippen LogP contribution in [0.5, 0.6) is 5.88 Å². The third-order valence-corrected chi connectivity index (χ3v) is 2.97. The predicted molar refractivity (Wildman–Crippen MR) is 83.5 cm³/mol. The number of hydrogen-bond donors (Lipinski definition) is 2. The van der Waals surface area contributed by atoms with E-state index in [-0.39, 0.29) is 12.4 Å². The molecule has 0 aliphatic rings. The molecule has 0 aromatic carbocycles. The van der Waals surface area contributed by atoms with Crippen LogP contribution in [0.3, 0.4) is 0 Å². The van der Waals surface area contributed by atoms with Crippen LogP contribution in [0.4, 0.5) is 13.2 Å². The van der Waals surface area contributed by atoms with Crippen molar-refractivity contribution >= 4 is 5.96 Å². The Hall–Kier alpha value is -1.99. The van der Waals surface area contributed by atoms with E-state index in [0.717, 1.165) is 25.8 Å². The van der Waals surface area contributed by atoms with Crippen molar-refractivity contribution in [3.8, 4) is 5.88 Å². The van der Waals surface area contributed by atoms with Gasteiger partial charge in [0.15, 0.2) is 12.6 Å². The highest BCUT2D eigenvalue weighted by Gasteiger charge is 2.29. The maximum absolute atomic E-state index is 12.2. The Kier molecular flexibility index (Phi) is 8.21. The number of alkyl halides is 3. The highest BCUT2D eigenvalue weighted by Crippen LogP contribution is 2.19. The number of pyridine rings is 1. The van der Waals surface area contributed by atoms with E-state index in [2.05, 4.69) is 27.5 Å². The lowest BCUT2D eigenvalue weighted by molar-refractivity contribution is -0.154. The molecule has 23 heavy (non-hydrogen) atoms. The number of nitrogens with zero attached hydrogens (tertiary/aromatic N) is 2. The van der Waals surface area contributed by atoms with Gasteiger partial charge in [0.25, 0.3) is 0 Å². The first-order valence-corrected chi connectivity index (χ1v) is 7.54. The molecular formula is C15H23F3N4O. The number of rotatable bonds is 8. The zero-order valence-corrected chi connectivity index (χ0v) is 13.4. The van der Waals surface area contributed by atoms with Crippen LogP contribution in [-0.4, -0.2) is 37.3 Å². The van der Waals surface area contributed by atoms with Gasteiger partial charge >= 0.3 is 6.18 Å². The lowest BCUT2D eigenvalue weighted by Gasteiger charge is -2.14. The van der Waals surface area contributed by atoms with Gasteiger partial charge in [-0.2, -0.15) is 13.2 Å². The highest BCUT2D eigenvalue weighted by molar-refractivity contribution is 5.79. The van der Waals surface area contributed by atoms with Gasteiger partial charge in [0.2, 0.25) is 5.88 Å². The van der Waals surface area contributed by atoms with Gasteiger partial charge in [0, 0.05) is 31.9 Å². The monoisotopic (exact) mass is 332 g/mol. The predicted octanol–water partition coefficient (Wildman–Crippen LogP) is 2.88. The van der Waals surface area contributed by atoms with Crippen LogP contribution >= 0.6 is 0 Å². The fraction of sp³-hybridized carbons (Fsp3) is 0.600. The highest BCUT2D eigenvalue weighted by atomic mass is 19.4. The molecule has 0 spiro atoms. The Morgan fingerprint density at radius 2 is 2.09 bits per heavy atom. The number of nitrogens with one attached hydrogen (secondary N) is 2. The second-order valence-electron chi connectivity index (χ2n) is 4.93. The summed E-state index contributed by atoms with van der Waals surface area (Å²) in [5, 5.41) is 6.19. The number of ether oxygens (including phenoxy) is 1. The van der Waals surface area contributed by atoms with Crippen molar-refractivity contribution in [1.82, 2.24) is 15.6 Å². The van der Waals surface area contributed by atoms with E-state index in [1.54, 1.807) is 19.2 Å². The van der Waals surface area contributed by atoms with Gasteiger partial charge in [-0.3, -0.25) is 4.99 Å². The molecule has 2 N–H and O–H groups in total. The lowest BCUT2D eigenvalue weighted by Crippen LogP contribution is -2.37. The Morgan fingerprint density at radius 3 is 2.74 bits per heavy atom. The van der Waals surface area contributed by atoms with Crippen molar-refractivity contribution in [2.24, 2.45) is 4.99 Å². The fourth-order valence-electron chi connectivity index (χ4n) is 1.82. The molecule has 5 nitrogen and oxygen atoms in total. The molecule has 0 amide bonds. The zero-order chi connectivity index (χ0) is 17.1. The smallest absolute Gasteiger partial charge is 0.422 e. The Bertz CT molecular complexity index is 492. The van der Waals surface area contributed by atoms with Crippen molar-refractivity contribution < 1.29 is 17.9 Å². The van der Waals surface area contributed by atoms with Gasteiger partial charge in [-0.05, 0) is 12.5 Å². The molecule has 0 bridgehead atoms. The molecule has 0 atom stereocenters. The van der Waals surface area contributed by atoms with Gasteiger partial charge in [-0.1, -0.05) is 25.8 Å². The average molecular weight is 332 g/mol. The summed E-state index contributed by atoms with van der Waals surface area (Å²) in [6, 6.07) is 3.31. The molecule has 8 heteroatoms. The zero-order valence-electron chi connectivity index (χ0n) is 13.4. The van der Waals surface area contributed by atoms with Crippen LogP contribution in [0.15, 0.2) is 23.3 Å². The van der Waals surface area contributed by atoms with Crippen LogP contribution in [-0.2, 0) is 6.54 Å². The molecule has 0 aliphatic carbocycles. The number of aliphatic imine (C=N–C) groups is 1. The quantitative estimate of drug-likeness (QED) is 0.437. The van der Waals surface area contributed by atoms with Gasteiger partial charge in [-0.25, -0.2) is 4.98 Å². The van der Waals surface area contributed by atoms with Crippen LogP contribution in [0.1, 0.15) is 31.7 Å². The third-order valence-electron chi connectivity index (χ3n) is 2.97. The Balaban J connectivity index is 2.52. The topological polar surface area (TPSA) is 58.5 Å². The minimum atomic E-state index is -4.39. The second kappa shape index (κ2) is 9.91.